The number of nitrogens with one attached hydrogen (secondary N) is 2. The highest BCUT2D eigenvalue weighted by molar-refractivity contribution is 7.89. The summed E-state index contributed by atoms with van der Waals surface area (Å²) in [6.45, 7) is 9.23. The fourth-order valence-corrected chi connectivity index (χ4v) is 3.21. The van der Waals surface area contributed by atoms with Crippen molar-refractivity contribution in [3.05, 3.63) is 0 Å². The van der Waals surface area contributed by atoms with Crippen molar-refractivity contribution in [2.45, 2.75) is 26.7 Å². The van der Waals surface area contributed by atoms with Crippen LogP contribution in [0, 0.1) is 5.92 Å². The first-order valence-electron chi connectivity index (χ1n) is 6.97. The van der Waals surface area contributed by atoms with E-state index in [0.29, 0.717) is 19.0 Å². The van der Waals surface area contributed by atoms with E-state index in [1.165, 1.54) is 0 Å². The van der Waals surface area contributed by atoms with Crippen LogP contribution in [0.3, 0.4) is 0 Å². The standard InChI is InChI=1S/C12H27N3O2S/c1-3-12(4-2)11-14-18(16,17)10-9-15-7-5-13-6-8-15/h12-14H,3-11H2,1-2H3. The average Bonchev–Trinajstić information content (AvgIpc) is 2.39. The van der Waals surface area contributed by atoms with Crippen molar-refractivity contribution in [2.24, 2.45) is 5.92 Å². The molecule has 18 heavy (non-hydrogen) atoms. The molecule has 6 heteroatoms. The lowest BCUT2D eigenvalue weighted by Gasteiger charge is -2.27. The Hall–Kier alpha value is -0.170. The number of hydrogen-bond donors (Lipinski definition) is 2. The zero-order chi connectivity index (χ0) is 13.4. The lowest BCUT2D eigenvalue weighted by molar-refractivity contribution is 0.253. The highest BCUT2D eigenvalue weighted by Crippen LogP contribution is 2.06. The molecule has 1 rings (SSSR count). The van der Waals surface area contributed by atoms with Gasteiger partial charge >= 0.3 is 0 Å². The summed E-state index contributed by atoms with van der Waals surface area (Å²) in [4.78, 5) is 2.20. The summed E-state index contributed by atoms with van der Waals surface area (Å²) >= 11 is 0. The van der Waals surface area contributed by atoms with E-state index in [0.717, 1.165) is 39.0 Å². The average molecular weight is 277 g/mol. The maximum atomic E-state index is 11.9. The second-order valence-electron chi connectivity index (χ2n) is 4.94. The Bertz CT molecular complexity index is 309. The molecule has 0 spiro atoms. The molecule has 0 aromatic carbocycles. The molecule has 0 aliphatic carbocycles. The van der Waals surface area contributed by atoms with Gasteiger partial charge in [-0.1, -0.05) is 26.7 Å². The third kappa shape index (κ3) is 6.13. The van der Waals surface area contributed by atoms with Crippen molar-refractivity contribution in [3.63, 3.8) is 0 Å². The molecule has 0 radical (unpaired) electrons. The predicted molar refractivity (Wildman–Crippen MR) is 75.2 cm³/mol. The monoisotopic (exact) mass is 277 g/mol. The third-order valence-electron chi connectivity index (χ3n) is 3.63. The SMILES string of the molecule is CCC(CC)CNS(=O)(=O)CCN1CCNCC1. The maximum Gasteiger partial charge on any atom is 0.212 e. The van der Waals surface area contributed by atoms with E-state index in [1.54, 1.807) is 0 Å². The summed E-state index contributed by atoms with van der Waals surface area (Å²) in [5.41, 5.74) is 0. The van der Waals surface area contributed by atoms with E-state index < -0.39 is 10.0 Å². The zero-order valence-electron chi connectivity index (χ0n) is 11.6. The molecule has 108 valence electrons. The fraction of sp³-hybridized carbons (Fsp3) is 1.00. The third-order valence-corrected chi connectivity index (χ3v) is 4.96. The van der Waals surface area contributed by atoms with Gasteiger partial charge in [-0.25, -0.2) is 13.1 Å². The van der Waals surface area contributed by atoms with Gasteiger partial charge in [0.05, 0.1) is 5.75 Å². The minimum absolute atomic E-state index is 0.215. The lowest BCUT2D eigenvalue weighted by Crippen LogP contribution is -2.46. The molecular weight excluding hydrogens is 250 g/mol. The van der Waals surface area contributed by atoms with Crippen LogP contribution in [0.25, 0.3) is 0 Å². The molecule has 0 aromatic rings. The topological polar surface area (TPSA) is 61.4 Å². The van der Waals surface area contributed by atoms with Gasteiger partial charge in [0.25, 0.3) is 0 Å². The normalized spacial score (nSPS) is 18.4. The molecule has 2 N–H and O–H groups in total. The zero-order valence-corrected chi connectivity index (χ0v) is 12.4. The van der Waals surface area contributed by atoms with Crippen molar-refractivity contribution < 1.29 is 8.42 Å². The van der Waals surface area contributed by atoms with Gasteiger partial charge in [-0.2, -0.15) is 0 Å². The molecule has 1 aliphatic heterocycles. The molecule has 5 nitrogen and oxygen atoms in total. The van der Waals surface area contributed by atoms with Crippen LogP contribution < -0.4 is 10.0 Å². The summed E-state index contributed by atoms with van der Waals surface area (Å²) in [6.07, 6.45) is 2.05. The number of nitrogens with zero attached hydrogens (tertiary/aromatic N) is 1. The molecular formula is C12H27N3O2S. The quantitative estimate of drug-likeness (QED) is 0.667. The molecule has 0 unspecified atom stereocenters. The summed E-state index contributed by atoms with van der Waals surface area (Å²) in [6, 6.07) is 0. The van der Waals surface area contributed by atoms with Crippen molar-refractivity contribution in [1.29, 1.82) is 0 Å². The van der Waals surface area contributed by atoms with Crippen molar-refractivity contribution in [2.75, 3.05) is 45.0 Å². The van der Waals surface area contributed by atoms with Gasteiger partial charge in [-0.3, -0.25) is 4.90 Å². The van der Waals surface area contributed by atoms with E-state index >= 15 is 0 Å². The van der Waals surface area contributed by atoms with Crippen LogP contribution in [-0.4, -0.2) is 58.3 Å². The minimum Gasteiger partial charge on any atom is -0.314 e. The Balaban J connectivity index is 2.26. The second-order valence-corrected chi connectivity index (χ2v) is 6.87. The van der Waals surface area contributed by atoms with Gasteiger partial charge in [0.2, 0.25) is 10.0 Å². The number of hydrogen-bond acceptors (Lipinski definition) is 4. The van der Waals surface area contributed by atoms with E-state index in [-0.39, 0.29) is 5.75 Å². The van der Waals surface area contributed by atoms with Gasteiger partial charge in [0, 0.05) is 39.3 Å². The molecule has 0 atom stereocenters. The number of piperazine rings is 1. The molecule has 1 aliphatic rings. The molecule has 0 bridgehead atoms. The molecule has 1 fully saturated rings. The van der Waals surface area contributed by atoms with Gasteiger partial charge in [0.1, 0.15) is 0 Å². The van der Waals surface area contributed by atoms with Crippen LogP contribution in [-0.2, 0) is 10.0 Å². The van der Waals surface area contributed by atoms with Crippen LogP contribution in [0.2, 0.25) is 0 Å². The van der Waals surface area contributed by atoms with Crippen molar-refractivity contribution >= 4 is 10.0 Å². The van der Waals surface area contributed by atoms with Gasteiger partial charge in [-0.05, 0) is 5.92 Å². The van der Waals surface area contributed by atoms with Crippen LogP contribution >= 0.6 is 0 Å². The fourth-order valence-electron chi connectivity index (χ4n) is 2.08. The van der Waals surface area contributed by atoms with Crippen LogP contribution in [0.4, 0.5) is 0 Å². The van der Waals surface area contributed by atoms with Gasteiger partial charge < -0.3 is 5.32 Å². The predicted octanol–water partition coefficient (Wildman–Crippen LogP) is 0.247. The van der Waals surface area contributed by atoms with E-state index in [1.807, 2.05) is 0 Å². The number of rotatable bonds is 8. The first-order valence-corrected chi connectivity index (χ1v) is 8.63. The van der Waals surface area contributed by atoms with Crippen LogP contribution in [0.1, 0.15) is 26.7 Å². The Morgan fingerprint density at radius 3 is 2.39 bits per heavy atom. The lowest BCUT2D eigenvalue weighted by atomic mass is 10.0. The van der Waals surface area contributed by atoms with E-state index in [2.05, 4.69) is 28.8 Å². The van der Waals surface area contributed by atoms with E-state index in [4.69, 9.17) is 0 Å². The molecule has 1 saturated heterocycles. The summed E-state index contributed by atoms with van der Waals surface area (Å²) in [5.74, 6) is 0.673. The molecule has 1 heterocycles. The highest BCUT2D eigenvalue weighted by atomic mass is 32.2. The highest BCUT2D eigenvalue weighted by Gasteiger charge is 2.16. The largest absolute Gasteiger partial charge is 0.314 e. The van der Waals surface area contributed by atoms with Crippen LogP contribution in [0.5, 0.6) is 0 Å². The molecule has 0 aromatic heterocycles. The van der Waals surface area contributed by atoms with Crippen molar-refractivity contribution in [3.8, 4) is 0 Å². The maximum absolute atomic E-state index is 11.9. The summed E-state index contributed by atoms with van der Waals surface area (Å²) < 4.78 is 26.4. The van der Waals surface area contributed by atoms with Gasteiger partial charge in [-0.15, -0.1) is 0 Å². The minimum atomic E-state index is -3.11. The smallest absolute Gasteiger partial charge is 0.212 e. The molecule has 0 amide bonds. The Kier molecular flexibility index (Phi) is 7.14. The Morgan fingerprint density at radius 1 is 1.22 bits per heavy atom. The summed E-state index contributed by atoms with van der Waals surface area (Å²) in [7, 11) is -3.11. The van der Waals surface area contributed by atoms with Crippen LogP contribution in [0.15, 0.2) is 0 Å². The first-order chi connectivity index (χ1) is 8.57. The Labute approximate surface area is 111 Å². The summed E-state index contributed by atoms with van der Waals surface area (Å²) in [5, 5.41) is 3.26. The number of sulfonamides is 1. The Morgan fingerprint density at radius 2 is 1.83 bits per heavy atom. The van der Waals surface area contributed by atoms with Crippen molar-refractivity contribution in [1.82, 2.24) is 14.9 Å². The molecule has 0 saturated carbocycles. The second kappa shape index (κ2) is 8.09. The van der Waals surface area contributed by atoms with E-state index in [9.17, 15) is 8.42 Å². The van der Waals surface area contributed by atoms with Gasteiger partial charge in [0.15, 0.2) is 0 Å². The first kappa shape index (κ1) is 15.9.